The lowest BCUT2D eigenvalue weighted by molar-refractivity contribution is -0.118. The third kappa shape index (κ3) is 2.24. The molecule has 1 aliphatic rings. The van der Waals surface area contributed by atoms with Gasteiger partial charge in [0, 0.05) is 4.88 Å². The van der Waals surface area contributed by atoms with E-state index in [1.807, 2.05) is 0 Å². The molecule has 0 fully saturated rings. The monoisotopic (exact) mass is 290 g/mol. The Morgan fingerprint density at radius 3 is 3.10 bits per heavy atom. The molecule has 0 saturated carbocycles. The molecule has 0 radical (unpaired) electrons. The molecule has 0 aromatic carbocycles. The van der Waals surface area contributed by atoms with Crippen LogP contribution in [-0.2, 0) is 17.6 Å². The first-order chi connectivity index (χ1) is 9.56. The van der Waals surface area contributed by atoms with Crippen LogP contribution in [0.15, 0.2) is 6.33 Å². The van der Waals surface area contributed by atoms with Gasteiger partial charge in [-0.25, -0.2) is 9.97 Å². The van der Waals surface area contributed by atoms with Crippen molar-refractivity contribution in [1.82, 2.24) is 9.97 Å². The van der Waals surface area contributed by atoms with E-state index in [1.54, 1.807) is 24.6 Å². The number of anilines is 1. The fraction of sp³-hybridized carbons (Fsp3) is 0.500. The van der Waals surface area contributed by atoms with Crippen LogP contribution in [0.5, 0.6) is 0 Å². The normalized spacial score (nSPS) is 19.6. The zero-order chi connectivity index (χ0) is 14.3. The standard InChI is InChI=1S/C14H18N4OS/c1-7-3-4-9-10(5-7)20-14-11(9)13(16-6-17-14)18-8(2)12(15)19/h6-8H,3-5H2,1-2H3,(H2,15,19)(H,16,17,18)/t7-,8-/m0/s1. The van der Waals surface area contributed by atoms with Gasteiger partial charge in [-0.1, -0.05) is 6.92 Å². The molecule has 5 nitrogen and oxygen atoms in total. The number of amides is 1. The molecule has 2 aromatic heterocycles. The molecule has 0 aliphatic heterocycles. The minimum Gasteiger partial charge on any atom is -0.368 e. The first-order valence-electron chi connectivity index (χ1n) is 6.87. The Labute approximate surface area is 121 Å². The molecule has 20 heavy (non-hydrogen) atoms. The van der Waals surface area contributed by atoms with Crippen molar-refractivity contribution in [2.24, 2.45) is 11.7 Å². The Kier molecular flexibility index (Phi) is 3.33. The number of primary amides is 1. The van der Waals surface area contributed by atoms with E-state index in [9.17, 15) is 4.79 Å². The predicted molar refractivity (Wildman–Crippen MR) is 80.9 cm³/mol. The number of aromatic nitrogens is 2. The fourth-order valence-corrected chi connectivity index (χ4v) is 4.01. The number of rotatable bonds is 3. The van der Waals surface area contributed by atoms with E-state index >= 15 is 0 Å². The summed E-state index contributed by atoms with van der Waals surface area (Å²) in [6.07, 6.45) is 4.91. The molecule has 1 aliphatic carbocycles. The molecule has 6 heteroatoms. The third-order valence-electron chi connectivity index (χ3n) is 3.87. The van der Waals surface area contributed by atoms with Crippen LogP contribution in [0.2, 0.25) is 0 Å². The molecule has 106 valence electrons. The van der Waals surface area contributed by atoms with E-state index in [4.69, 9.17) is 5.73 Å². The average molecular weight is 290 g/mol. The van der Waals surface area contributed by atoms with Crippen molar-refractivity contribution in [3.05, 3.63) is 16.8 Å². The maximum absolute atomic E-state index is 11.2. The summed E-state index contributed by atoms with van der Waals surface area (Å²) in [4.78, 5) is 22.3. The number of fused-ring (bicyclic) bond motifs is 3. The van der Waals surface area contributed by atoms with Crippen LogP contribution in [0.1, 0.15) is 30.7 Å². The van der Waals surface area contributed by atoms with Crippen LogP contribution in [-0.4, -0.2) is 21.9 Å². The van der Waals surface area contributed by atoms with Gasteiger partial charge in [0.15, 0.2) is 0 Å². The molecular formula is C14H18N4OS. The Hall–Kier alpha value is -1.69. The number of hydrogen-bond acceptors (Lipinski definition) is 5. The van der Waals surface area contributed by atoms with Crippen molar-refractivity contribution >= 4 is 33.3 Å². The largest absolute Gasteiger partial charge is 0.368 e. The number of nitrogens with zero attached hydrogens (tertiary/aromatic N) is 2. The van der Waals surface area contributed by atoms with Gasteiger partial charge in [-0.15, -0.1) is 11.3 Å². The Morgan fingerprint density at radius 2 is 2.35 bits per heavy atom. The van der Waals surface area contributed by atoms with Crippen molar-refractivity contribution in [3.63, 3.8) is 0 Å². The van der Waals surface area contributed by atoms with Crippen molar-refractivity contribution in [2.45, 2.75) is 39.2 Å². The highest BCUT2D eigenvalue weighted by Gasteiger charge is 2.23. The number of carbonyl (C=O) groups is 1. The molecular weight excluding hydrogens is 272 g/mol. The second-order valence-corrected chi connectivity index (χ2v) is 6.61. The van der Waals surface area contributed by atoms with Crippen molar-refractivity contribution in [1.29, 1.82) is 0 Å². The summed E-state index contributed by atoms with van der Waals surface area (Å²) in [7, 11) is 0. The predicted octanol–water partition coefficient (Wildman–Crippen LogP) is 2.10. The lowest BCUT2D eigenvalue weighted by Crippen LogP contribution is -2.32. The molecule has 2 aromatic rings. The summed E-state index contributed by atoms with van der Waals surface area (Å²) >= 11 is 1.75. The third-order valence-corrected chi connectivity index (χ3v) is 5.03. The van der Waals surface area contributed by atoms with E-state index in [0.717, 1.165) is 34.8 Å². The quantitative estimate of drug-likeness (QED) is 0.907. The zero-order valence-electron chi connectivity index (χ0n) is 11.6. The molecule has 0 unspecified atom stereocenters. The van der Waals surface area contributed by atoms with Crippen molar-refractivity contribution in [3.8, 4) is 0 Å². The van der Waals surface area contributed by atoms with Gasteiger partial charge in [-0.3, -0.25) is 4.79 Å². The van der Waals surface area contributed by atoms with Gasteiger partial charge < -0.3 is 11.1 Å². The highest BCUT2D eigenvalue weighted by atomic mass is 32.1. The van der Waals surface area contributed by atoms with Crippen LogP contribution in [0.25, 0.3) is 10.2 Å². The van der Waals surface area contributed by atoms with E-state index in [0.29, 0.717) is 0 Å². The maximum Gasteiger partial charge on any atom is 0.239 e. The molecule has 2 heterocycles. The fourth-order valence-electron chi connectivity index (χ4n) is 2.66. The highest BCUT2D eigenvalue weighted by Crippen LogP contribution is 2.39. The van der Waals surface area contributed by atoms with Crippen LogP contribution in [0, 0.1) is 5.92 Å². The van der Waals surface area contributed by atoms with Crippen LogP contribution < -0.4 is 11.1 Å². The van der Waals surface area contributed by atoms with Crippen molar-refractivity contribution < 1.29 is 4.79 Å². The minimum atomic E-state index is -0.439. The molecule has 2 atom stereocenters. The number of thiophene rings is 1. The zero-order valence-corrected chi connectivity index (χ0v) is 12.5. The Morgan fingerprint density at radius 1 is 1.55 bits per heavy atom. The molecule has 3 N–H and O–H groups in total. The lowest BCUT2D eigenvalue weighted by atomic mass is 9.89. The molecule has 3 rings (SSSR count). The van der Waals surface area contributed by atoms with Crippen molar-refractivity contribution in [2.75, 3.05) is 5.32 Å². The summed E-state index contributed by atoms with van der Waals surface area (Å²) in [5.41, 5.74) is 6.67. The second-order valence-electron chi connectivity index (χ2n) is 5.52. The average Bonchev–Trinajstić information content (AvgIpc) is 2.76. The smallest absolute Gasteiger partial charge is 0.239 e. The van der Waals surface area contributed by atoms with Gasteiger partial charge in [0.1, 0.15) is 23.0 Å². The SMILES string of the molecule is C[C@H]1CCc2c(sc3ncnc(N[C@@H](C)C(N)=O)c23)C1. The van der Waals surface area contributed by atoms with E-state index in [1.165, 1.54) is 16.9 Å². The number of carbonyl (C=O) groups excluding carboxylic acids is 1. The molecule has 0 bridgehead atoms. The summed E-state index contributed by atoms with van der Waals surface area (Å²) in [5.74, 6) is 1.08. The summed E-state index contributed by atoms with van der Waals surface area (Å²) in [5, 5.41) is 4.19. The van der Waals surface area contributed by atoms with Gasteiger partial charge in [0.25, 0.3) is 0 Å². The van der Waals surface area contributed by atoms with Crippen LogP contribution in [0.3, 0.4) is 0 Å². The van der Waals surface area contributed by atoms with Crippen LogP contribution in [0.4, 0.5) is 5.82 Å². The summed E-state index contributed by atoms with van der Waals surface area (Å²) in [6.45, 7) is 4.03. The van der Waals surface area contributed by atoms with E-state index in [2.05, 4.69) is 22.2 Å². The Balaban J connectivity index is 2.07. The summed E-state index contributed by atoms with van der Waals surface area (Å²) < 4.78 is 0. The van der Waals surface area contributed by atoms with Gasteiger partial charge in [-0.2, -0.15) is 0 Å². The second kappa shape index (κ2) is 5.01. The first kappa shape index (κ1) is 13.3. The lowest BCUT2D eigenvalue weighted by Gasteiger charge is -2.18. The van der Waals surface area contributed by atoms with Crippen LogP contribution >= 0.6 is 11.3 Å². The van der Waals surface area contributed by atoms with E-state index in [-0.39, 0.29) is 5.91 Å². The Bertz CT molecular complexity index is 666. The molecule has 0 spiro atoms. The number of aryl methyl sites for hydroxylation is 1. The minimum absolute atomic E-state index is 0.380. The van der Waals surface area contributed by atoms with Gasteiger partial charge in [0.05, 0.1) is 5.39 Å². The highest BCUT2D eigenvalue weighted by molar-refractivity contribution is 7.19. The molecule has 1 amide bonds. The number of hydrogen-bond donors (Lipinski definition) is 2. The van der Waals surface area contributed by atoms with E-state index < -0.39 is 6.04 Å². The maximum atomic E-state index is 11.2. The first-order valence-corrected chi connectivity index (χ1v) is 7.69. The topological polar surface area (TPSA) is 80.9 Å². The summed E-state index contributed by atoms with van der Waals surface area (Å²) in [6, 6.07) is -0.439. The number of nitrogens with one attached hydrogen (secondary N) is 1. The van der Waals surface area contributed by atoms with Gasteiger partial charge in [0.2, 0.25) is 5.91 Å². The number of nitrogens with two attached hydrogens (primary N) is 1. The van der Waals surface area contributed by atoms with Gasteiger partial charge in [-0.05, 0) is 37.7 Å². The van der Waals surface area contributed by atoms with Gasteiger partial charge >= 0.3 is 0 Å². The molecule has 0 saturated heterocycles.